The van der Waals surface area contributed by atoms with E-state index in [1.807, 2.05) is 47.5 Å². The predicted octanol–water partition coefficient (Wildman–Crippen LogP) is 3.96. The molecule has 1 aliphatic rings. The van der Waals surface area contributed by atoms with Crippen molar-refractivity contribution >= 4 is 27.3 Å². The highest BCUT2D eigenvalue weighted by molar-refractivity contribution is 7.89. The van der Waals surface area contributed by atoms with Crippen molar-refractivity contribution in [1.29, 1.82) is 0 Å². The zero-order chi connectivity index (χ0) is 23.3. The number of amides is 1. The van der Waals surface area contributed by atoms with E-state index >= 15 is 0 Å². The molecule has 0 saturated carbocycles. The molecule has 0 bridgehead atoms. The maximum atomic E-state index is 13.7. The lowest BCUT2D eigenvalue weighted by molar-refractivity contribution is 0.0729. The van der Waals surface area contributed by atoms with E-state index in [0.717, 1.165) is 22.4 Å². The first-order chi connectivity index (χ1) is 15.9. The van der Waals surface area contributed by atoms with Gasteiger partial charge in [0, 0.05) is 30.1 Å². The van der Waals surface area contributed by atoms with Crippen LogP contribution in [0.3, 0.4) is 0 Å². The van der Waals surface area contributed by atoms with Crippen LogP contribution < -0.4 is 0 Å². The number of morpholine rings is 1. The summed E-state index contributed by atoms with van der Waals surface area (Å²) in [6.07, 6.45) is 0.725. The van der Waals surface area contributed by atoms with Crippen molar-refractivity contribution in [2.45, 2.75) is 24.8 Å². The van der Waals surface area contributed by atoms with Crippen molar-refractivity contribution in [2.24, 2.45) is 0 Å². The van der Waals surface area contributed by atoms with Gasteiger partial charge >= 0.3 is 0 Å². The van der Waals surface area contributed by atoms with Crippen LogP contribution in [-0.4, -0.2) is 56.4 Å². The van der Waals surface area contributed by atoms with Gasteiger partial charge in [0.1, 0.15) is 0 Å². The van der Waals surface area contributed by atoms with Gasteiger partial charge in [0.05, 0.1) is 24.7 Å². The molecule has 2 heterocycles. The fraction of sp³-hybridized carbons (Fsp3) is 0.320. The molecule has 1 saturated heterocycles. The monoisotopic (exact) mass is 484 g/mol. The normalized spacial score (nSPS) is 14.8. The number of nitrogens with zero attached hydrogens (tertiary/aromatic N) is 2. The molecule has 1 fully saturated rings. The van der Waals surface area contributed by atoms with Gasteiger partial charge < -0.3 is 9.64 Å². The Balaban J connectivity index is 1.61. The molecule has 3 aromatic rings. The Morgan fingerprint density at radius 1 is 1.06 bits per heavy atom. The van der Waals surface area contributed by atoms with E-state index in [2.05, 4.69) is 12.1 Å². The van der Waals surface area contributed by atoms with Crippen LogP contribution in [-0.2, 0) is 27.7 Å². The Hall–Kier alpha value is -2.52. The summed E-state index contributed by atoms with van der Waals surface area (Å²) in [7, 11) is -3.68. The minimum absolute atomic E-state index is 0.150. The molecule has 0 unspecified atom stereocenters. The molecular formula is C25H28N2O4S2. The highest BCUT2D eigenvalue weighted by atomic mass is 32.2. The molecule has 174 valence electrons. The van der Waals surface area contributed by atoms with Gasteiger partial charge in [0.2, 0.25) is 10.0 Å². The number of carbonyl (C=O) groups excluding carboxylic acids is 1. The van der Waals surface area contributed by atoms with Gasteiger partial charge in [-0.25, -0.2) is 8.42 Å². The highest BCUT2D eigenvalue weighted by Crippen LogP contribution is 2.23. The lowest BCUT2D eigenvalue weighted by atomic mass is 10.1. The van der Waals surface area contributed by atoms with E-state index in [-0.39, 0.29) is 10.8 Å². The lowest BCUT2D eigenvalue weighted by Crippen LogP contribution is -2.40. The molecule has 0 radical (unpaired) electrons. The zero-order valence-electron chi connectivity index (χ0n) is 18.6. The summed E-state index contributed by atoms with van der Waals surface area (Å²) in [6.45, 7) is 4.28. The molecule has 1 amide bonds. The molecule has 1 aliphatic heterocycles. The summed E-state index contributed by atoms with van der Waals surface area (Å²) >= 11 is 1.61. The average molecular weight is 485 g/mol. The van der Waals surface area contributed by atoms with Crippen LogP contribution in [0, 0.1) is 6.92 Å². The quantitative estimate of drug-likeness (QED) is 0.485. The Kier molecular flexibility index (Phi) is 7.60. The number of hydrogen-bond acceptors (Lipinski definition) is 5. The molecule has 4 rings (SSSR count). The van der Waals surface area contributed by atoms with Gasteiger partial charge in [-0.3, -0.25) is 4.79 Å². The fourth-order valence-electron chi connectivity index (χ4n) is 3.85. The van der Waals surface area contributed by atoms with Crippen molar-refractivity contribution in [3.05, 3.63) is 87.6 Å². The van der Waals surface area contributed by atoms with Crippen LogP contribution in [0.4, 0.5) is 0 Å². The Morgan fingerprint density at radius 3 is 2.52 bits per heavy atom. The summed E-state index contributed by atoms with van der Waals surface area (Å²) < 4.78 is 33.0. The molecule has 33 heavy (non-hydrogen) atoms. The second-order valence-corrected chi connectivity index (χ2v) is 11.0. The van der Waals surface area contributed by atoms with Crippen molar-refractivity contribution in [2.75, 3.05) is 32.8 Å². The fourth-order valence-corrected chi connectivity index (χ4v) is 6.00. The zero-order valence-corrected chi connectivity index (χ0v) is 20.3. The maximum Gasteiger partial charge on any atom is 0.254 e. The van der Waals surface area contributed by atoms with Gasteiger partial charge in [-0.1, -0.05) is 42.5 Å². The maximum absolute atomic E-state index is 13.7. The third-order valence-corrected chi connectivity index (χ3v) is 8.53. The third-order valence-electron chi connectivity index (χ3n) is 5.77. The molecule has 6 nitrogen and oxygen atoms in total. The summed E-state index contributed by atoms with van der Waals surface area (Å²) in [5.41, 5.74) is 2.34. The van der Waals surface area contributed by atoms with E-state index < -0.39 is 10.0 Å². The summed E-state index contributed by atoms with van der Waals surface area (Å²) in [4.78, 5) is 16.7. The van der Waals surface area contributed by atoms with Crippen LogP contribution >= 0.6 is 11.3 Å². The van der Waals surface area contributed by atoms with E-state index in [0.29, 0.717) is 45.0 Å². The van der Waals surface area contributed by atoms with Gasteiger partial charge in [0.15, 0.2) is 0 Å². The van der Waals surface area contributed by atoms with Gasteiger partial charge in [-0.15, -0.1) is 11.3 Å². The van der Waals surface area contributed by atoms with Crippen molar-refractivity contribution < 1.29 is 17.9 Å². The Morgan fingerprint density at radius 2 is 1.82 bits per heavy atom. The van der Waals surface area contributed by atoms with Crippen LogP contribution in [0.1, 0.15) is 26.4 Å². The minimum atomic E-state index is -3.68. The van der Waals surface area contributed by atoms with Crippen LogP contribution in [0.25, 0.3) is 0 Å². The van der Waals surface area contributed by atoms with Crippen molar-refractivity contribution in [3.8, 4) is 0 Å². The van der Waals surface area contributed by atoms with Gasteiger partial charge in [-0.05, 0) is 48.1 Å². The molecule has 0 atom stereocenters. The summed E-state index contributed by atoms with van der Waals surface area (Å²) in [5.74, 6) is -0.157. The summed E-state index contributed by atoms with van der Waals surface area (Å²) in [5, 5.41) is 2.00. The molecule has 0 N–H and O–H groups in total. The molecular weight excluding hydrogens is 456 g/mol. The van der Waals surface area contributed by atoms with Crippen molar-refractivity contribution in [1.82, 2.24) is 9.21 Å². The lowest BCUT2D eigenvalue weighted by Gasteiger charge is -2.27. The smallest absolute Gasteiger partial charge is 0.254 e. The number of ether oxygens (including phenoxy) is 1. The molecule has 0 aliphatic carbocycles. The van der Waals surface area contributed by atoms with Crippen LogP contribution in [0.5, 0.6) is 0 Å². The first-order valence-electron chi connectivity index (χ1n) is 11.0. The molecule has 8 heteroatoms. The average Bonchev–Trinajstić information content (AvgIpc) is 3.36. The standard InChI is InChI=1S/C25H28N2O4S2/c1-20-9-10-23(33(29,30)27-13-15-31-16-14-27)18-24(20)25(28)26(19-22-8-5-17-32-22)12-11-21-6-3-2-4-7-21/h2-10,17-18H,11-16,19H2,1H3. The van der Waals surface area contributed by atoms with Crippen LogP contribution in [0.2, 0.25) is 0 Å². The third kappa shape index (κ3) is 5.70. The topological polar surface area (TPSA) is 66.9 Å². The molecule has 0 spiro atoms. The number of benzene rings is 2. The van der Waals surface area contributed by atoms with E-state index in [9.17, 15) is 13.2 Å². The summed E-state index contributed by atoms with van der Waals surface area (Å²) in [6, 6.07) is 18.9. The first-order valence-corrected chi connectivity index (χ1v) is 13.3. The second-order valence-electron chi connectivity index (χ2n) is 8.03. The SMILES string of the molecule is Cc1ccc(S(=O)(=O)N2CCOCC2)cc1C(=O)N(CCc1ccccc1)Cc1cccs1. The highest BCUT2D eigenvalue weighted by Gasteiger charge is 2.28. The van der Waals surface area contributed by atoms with Crippen molar-refractivity contribution in [3.63, 3.8) is 0 Å². The number of sulfonamides is 1. The number of aryl methyl sites for hydroxylation is 1. The predicted molar refractivity (Wildman–Crippen MR) is 130 cm³/mol. The van der Waals surface area contributed by atoms with Gasteiger partial charge in [0.25, 0.3) is 5.91 Å². The Bertz CT molecular complexity index is 1170. The number of hydrogen-bond donors (Lipinski definition) is 0. The molecule has 1 aromatic heterocycles. The number of rotatable bonds is 8. The second kappa shape index (κ2) is 10.6. The van der Waals surface area contributed by atoms with Gasteiger partial charge in [-0.2, -0.15) is 4.31 Å². The van der Waals surface area contributed by atoms with E-state index in [4.69, 9.17) is 4.74 Å². The first kappa shape index (κ1) is 23.6. The van der Waals surface area contributed by atoms with E-state index in [1.54, 1.807) is 23.5 Å². The minimum Gasteiger partial charge on any atom is -0.379 e. The molecule has 2 aromatic carbocycles. The number of thiophene rings is 1. The Labute approximate surface area is 199 Å². The van der Waals surface area contributed by atoms with E-state index in [1.165, 1.54) is 10.4 Å². The largest absolute Gasteiger partial charge is 0.379 e. The van der Waals surface area contributed by atoms with Crippen LogP contribution in [0.15, 0.2) is 70.9 Å². The number of carbonyl (C=O) groups is 1.